The molecule has 21 heavy (non-hydrogen) atoms. The van der Waals surface area contributed by atoms with E-state index in [9.17, 15) is 5.11 Å². The largest absolute Gasteiger partial charge is 0.497 e. The van der Waals surface area contributed by atoms with Gasteiger partial charge in [0.2, 0.25) is 0 Å². The molecule has 1 aromatic carbocycles. The fourth-order valence-electron chi connectivity index (χ4n) is 5.04. The Morgan fingerprint density at radius 3 is 2.90 bits per heavy atom. The molecule has 0 aliphatic heterocycles. The second kappa shape index (κ2) is 4.61. The Hall–Kier alpha value is -1.28. The molecule has 0 saturated heterocycles. The van der Waals surface area contributed by atoms with E-state index in [0.29, 0.717) is 11.8 Å². The highest BCUT2D eigenvalue weighted by Crippen LogP contribution is 2.59. The lowest BCUT2D eigenvalue weighted by Crippen LogP contribution is -2.39. The first-order chi connectivity index (χ1) is 10.1. The first-order valence-electron chi connectivity index (χ1n) is 8.18. The molecule has 3 aliphatic rings. The van der Waals surface area contributed by atoms with E-state index in [0.717, 1.165) is 31.4 Å². The van der Waals surface area contributed by atoms with Crippen molar-refractivity contribution >= 4 is 0 Å². The molecule has 4 atom stereocenters. The van der Waals surface area contributed by atoms with Crippen molar-refractivity contribution in [3.63, 3.8) is 0 Å². The van der Waals surface area contributed by atoms with Crippen molar-refractivity contribution in [2.75, 3.05) is 7.11 Å². The van der Waals surface area contributed by atoms with Gasteiger partial charge >= 0.3 is 0 Å². The normalized spacial score (nSPS) is 37.3. The number of hydrogen-bond donors (Lipinski definition) is 1. The van der Waals surface area contributed by atoms with Gasteiger partial charge in [-0.3, -0.25) is 0 Å². The number of fused-ring (bicyclic) bond motifs is 5. The van der Waals surface area contributed by atoms with Gasteiger partial charge in [0.15, 0.2) is 0 Å². The molecule has 0 bridgehead atoms. The van der Waals surface area contributed by atoms with Crippen molar-refractivity contribution in [1.29, 1.82) is 0 Å². The summed E-state index contributed by atoms with van der Waals surface area (Å²) in [5.74, 6) is 2.12. The lowest BCUT2D eigenvalue weighted by molar-refractivity contribution is 0.0267. The summed E-state index contributed by atoms with van der Waals surface area (Å²) in [7, 11) is 1.73. The summed E-state index contributed by atoms with van der Waals surface area (Å²) in [5, 5.41) is 10.4. The Labute approximate surface area is 126 Å². The monoisotopic (exact) mass is 284 g/mol. The average molecular weight is 284 g/mol. The van der Waals surface area contributed by atoms with E-state index < -0.39 is 0 Å². The van der Waals surface area contributed by atoms with Crippen molar-refractivity contribution in [3.05, 3.63) is 41.0 Å². The third-order valence-corrected chi connectivity index (χ3v) is 6.35. The number of aliphatic hydroxyl groups is 1. The molecular weight excluding hydrogens is 260 g/mol. The zero-order valence-electron chi connectivity index (χ0n) is 12.9. The van der Waals surface area contributed by atoms with Crippen LogP contribution in [0, 0.1) is 11.3 Å². The number of aliphatic hydroxyl groups excluding tert-OH is 1. The zero-order chi connectivity index (χ0) is 14.6. The molecule has 3 aliphatic carbocycles. The van der Waals surface area contributed by atoms with Crippen LogP contribution in [0.2, 0.25) is 0 Å². The Morgan fingerprint density at radius 2 is 2.10 bits per heavy atom. The number of ether oxygens (including phenoxy) is 1. The molecule has 2 fully saturated rings. The van der Waals surface area contributed by atoms with E-state index in [-0.39, 0.29) is 11.5 Å². The molecule has 0 spiro atoms. The minimum absolute atomic E-state index is 0.110. The summed E-state index contributed by atoms with van der Waals surface area (Å²) in [6.45, 7) is 2.30. The van der Waals surface area contributed by atoms with Crippen LogP contribution in [-0.2, 0) is 6.42 Å². The molecule has 0 unspecified atom stereocenters. The molecule has 1 aromatic rings. The molecule has 112 valence electrons. The predicted octanol–water partition coefficient (Wildman–Crippen LogP) is 3.83. The van der Waals surface area contributed by atoms with Crippen LogP contribution < -0.4 is 4.74 Å². The summed E-state index contributed by atoms with van der Waals surface area (Å²) < 4.78 is 5.36. The van der Waals surface area contributed by atoms with Crippen LogP contribution in [0.1, 0.15) is 49.7 Å². The zero-order valence-corrected chi connectivity index (χ0v) is 12.9. The van der Waals surface area contributed by atoms with Gasteiger partial charge in [-0.15, -0.1) is 0 Å². The van der Waals surface area contributed by atoms with Crippen LogP contribution in [0.5, 0.6) is 5.75 Å². The maximum atomic E-state index is 10.4. The second-order valence-corrected chi connectivity index (χ2v) is 7.22. The van der Waals surface area contributed by atoms with Crippen molar-refractivity contribution < 1.29 is 9.84 Å². The van der Waals surface area contributed by atoms with Gasteiger partial charge in [0.25, 0.3) is 0 Å². The molecule has 0 heterocycles. The maximum Gasteiger partial charge on any atom is 0.119 e. The topological polar surface area (TPSA) is 29.5 Å². The van der Waals surface area contributed by atoms with Crippen LogP contribution >= 0.6 is 0 Å². The number of methoxy groups -OCH3 is 1. The fourth-order valence-corrected chi connectivity index (χ4v) is 5.04. The highest BCUT2D eigenvalue weighted by Gasteiger charge is 2.51. The van der Waals surface area contributed by atoms with Crippen LogP contribution in [0.4, 0.5) is 0 Å². The van der Waals surface area contributed by atoms with Crippen molar-refractivity contribution in [1.82, 2.24) is 0 Å². The van der Waals surface area contributed by atoms with Gasteiger partial charge in [-0.2, -0.15) is 0 Å². The minimum Gasteiger partial charge on any atom is -0.497 e. The second-order valence-electron chi connectivity index (χ2n) is 7.22. The number of allylic oxidation sites excluding steroid dienone is 2. The highest BCUT2D eigenvalue weighted by molar-refractivity contribution is 5.47. The van der Waals surface area contributed by atoms with Gasteiger partial charge in [0.1, 0.15) is 5.75 Å². The van der Waals surface area contributed by atoms with Gasteiger partial charge in [-0.25, -0.2) is 0 Å². The molecule has 2 heteroatoms. The summed E-state index contributed by atoms with van der Waals surface area (Å²) >= 11 is 0. The molecule has 0 radical (unpaired) electrons. The van der Waals surface area contributed by atoms with Gasteiger partial charge < -0.3 is 9.84 Å². The Balaban J connectivity index is 1.73. The quantitative estimate of drug-likeness (QED) is 0.794. The third-order valence-electron chi connectivity index (χ3n) is 6.35. The molecule has 4 rings (SSSR count). The first kappa shape index (κ1) is 13.4. The van der Waals surface area contributed by atoms with Crippen LogP contribution in [0.25, 0.3) is 0 Å². The lowest BCUT2D eigenvalue weighted by Gasteiger charge is -2.46. The van der Waals surface area contributed by atoms with Crippen LogP contribution in [0.15, 0.2) is 29.8 Å². The lowest BCUT2D eigenvalue weighted by atomic mass is 9.59. The third kappa shape index (κ3) is 1.81. The molecular formula is C19H24O2. The first-order valence-corrected chi connectivity index (χ1v) is 8.18. The van der Waals surface area contributed by atoms with E-state index in [1.807, 2.05) is 0 Å². The predicted molar refractivity (Wildman–Crippen MR) is 83.6 cm³/mol. The fraction of sp³-hybridized carbons (Fsp3) is 0.579. The van der Waals surface area contributed by atoms with E-state index in [1.54, 1.807) is 12.7 Å². The van der Waals surface area contributed by atoms with Gasteiger partial charge in [-0.1, -0.05) is 24.6 Å². The summed E-state index contributed by atoms with van der Waals surface area (Å²) in [6.07, 6.45) is 7.81. The molecule has 0 aromatic heterocycles. The minimum atomic E-state index is -0.110. The van der Waals surface area contributed by atoms with E-state index in [2.05, 4.69) is 31.2 Å². The van der Waals surface area contributed by atoms with E-state index in [1.165, 1.54) is 17.5 Å². The maximum absolute atomic E-state index is 10.4. The van der Waals surface area contributed by atoms with Crippen molar-refractivity contribution in [2.45, 2.75) is 51.0 Å². The van der Waals surface area contributed by atoms with Crippen LogP contribution in [0.3, 0.4) is 0 Å². The van der Waals surface area contributed by atoms with E-state index >= 15 is 0 Å². The van der Waals surface area contributed by atoms with Gasteiger partial charge in [0, 0.05) is 11.3 Å². The van der Waals surface area contributed by atoms with Crippen molar-refractivity contribution in [2.24, 2.45) is 11.3 Å². The van der Waals surface area contributed by atoms with Crippen LogP contribution in [-0.4, -0.2) is 18.3 Å². The summed E-state index contributed by atoms with van der Waals surface area (Å²) in [4.78, 5) is 0. The summed E-state index contributed by atoms with van der Waals surface area (Å²) in [5.41, 5.74) is 4.65. The molecule has 0 amide bonds. The SMILES string of the molecule is COc1ccc2c(c1)CC=C1[C@@H]2CC[C@]2(C)[C@H](O)CC[C@@H]12. The number of benzene rings is 1. The molecule has 2 saturated carbocycles. The van der Waals surface area contributed by atoms with Crippen molar-refractivity contribution in [3.8, 4) is 5.75 Å². The van der Waals surface area contributed by atoms with Gasteiger partial charge in [0.05, 0.1) is 13.2 Å². The summed E-state index contributed by atoms with van der Waals surface area (Å²) in [6, 6.07) is 6.55. The highest BCUT2D eigenvalue weighted by atomic mass is 16.5. The smallest absolute Gasteiger partial charge is 0.119 e. The molecule has 2 nitrogen and oxygen atoms in total. The standard InChI is InChI=1S/C19H24O2/c1-19-10-9-15-14-6-4-13(21-2)11-12(14)3-5-16(15)17(19)7-8-18(19)20/h4-6,11,15,17-18,20H,3,7-10H2,1-2H3/t15-,17+,18-,19+/m1/s1. The Bertz CT molecular complexity index is 604. The Kier molecular flexibility index (Phi) is 2.94. The van der Waals surface area contributed by atoms with E-state index in [4.69, 9.17) is 4.74 Å². The molecule has 1 N–H and O–H groups in total. The number of rotatable bonds is 1. The average Bonchev–Trinajstić information content (AvgIpc) is 2.82. The Morgan fingerprint density at radius 1 is 1.24 bits per heavy atom. The van der Waals surface area contributed by atoms with Gasteiger partial charge in [-0.05, 0) is 61.3 Å². The number of hydrogen-bond acceptors (Lipinski definition) is 2.